The van der Waals surface area contributed by atoms with E-state index in [1.807, 2.05) is 56.6 Å². The fourth-order valence-electron chi connectivity index (χ4n) is 5.87. The number of rotatable bonds is 7. The maximum atomic E-state index is 13.7. The topological polar surface area (TPSA) is 148 Å². The Morgan fingerprint density at radius 1 is 1.17 bits per heavy atom. The molecule has 1 atom stereocenters. The second kappa shape index (κ2) is 11.9. The van der Waals surface area contributed by atoms with Crippen molar-refractivity contribution in [3.63, 3.8) is 0 Å². The smallest absolute Gasteiger partial charge is 0.411 e. The number of carbonyl (C=O) groups excluding carboxylic acids is 1. The van der Waals surface area contributed by atoms with Crippen molar-refractivity contribution in [2.45, 2.75) is 39.8 Å². The van der Waals surface area contributed by atoms with Crippen molar-refractivity contribution in [1.82, 2.24) is 29.3 Å². The van der Waals surface area contributed by atoms with E-state index < -0.39 is 23.1 Å². The van der Waals surface area contributed by atoms with Crippen LogP contribution in [0.1, 0.15) is 31.9 Å². The average Bonchev–Trinajstić information content (AvgIpc) is 3.55. The third kappa shape index (κ3) is 5.78. The van der Waals surface area contributed by atoms with E-state index in [1.54, 1.807) is 23.0 Å². The highest BCUT2D eigenvalue weighted by atomic mass is 19.1. The molecular weight excluding hydrogens is 595 g/mol. The number of nitrogens with one attached hydrogen (secondary N) is 2. The van der Waals surface area contributed by atoms with Gasteiger partial charge in [-0.25, -0.2) is 23.5 Å². The Labute approximate surface area is 263 Å². The first-order valence-electron chi connectivity index (χ1n) is 14.8. The predicted octanol–water partition coefficient (Wildman–Crippen LogP) is 5.66. The Kier molecular flexibility index (Phi) is 7.98. The summed E-state index contributed by atoms with van der Waals surface area (Å²) in [6.07, 6.45) is 2.99. The van der Waals surface area contributed by atoms with Gasteiger partial charge in [-0.2, -0.15) is 10.2 Å². The molecule has 0 spiro atoms. The van der Waals surface area contributed by atoms with E-state index in [9.17, 15) is 19.1 Å². The lowest BCUT2D eigenvalue weighted by Gasteiger charge is -2.52. The number of carbonyl (C=O) groups is 2. The maximum Gasteiger partial charge on any atom is 0.411 e. The molecule has 0 radical (unpaired) electrons. The summed E-state index contributed by atoms with van der Waals surface area (Å²) in [4.78, 5) is 30.9. The quantitative estimate of drug-likeness (QED) is 0.207. The first-order chi connectivity index (χ1) is 21.9. The molecule has 1 fully saturated rings. The summed E-state index contributed by atoms with van der Waals surface area (Å²) in [5.74, 6) is 0.228. The minimum absolute atomic E-state index is 0.107. The second-order valence-corrected chi connectivity index (χ2v) is 12.4. The highest BCUT2D eigenvalue weighted by Crippen LogP contribution is 2.39. The van der Waals surface area contributed by atoms with Crippen molar-refractivity contribution < 1.29 is 28.6 Å². The van der Waals surface area contributed by atoms with Crippen molar-refractivity contribution in [2.24, 2.45) is 5.41 Å². The van der Waals surface area contributed by atoms with E-state index in [2.05, 4.69) is 25.8 Å². The molecule has 14 heteroatoms. The van der Waals surface area contributed by atoms with Gasteiger partial charge in [0.15, 0.2) is 5.82 Å². The second-order valence-electron chi connectivity index (χ2n) is 12.4. The van der Waals surface area contributed by atoms with Gasteiger partial charge in [0.2, 0.25) is 0 Å². The van der Waals surface area contributed by atoms with E-state index in [0.717, 1.165) is 22.2 Å². The molecule has 0 saturated carbocycles. The van der Waals surface area contributed by atoms with Crippen LogP contribution in [-0.2, 0) is 16.0 Å². The van der Waals surface area contributed by atoms with Gasteiger partial charge in [0, 0.05) is 23.2 Å². The third-order valence-corrected chi connectivity index (χ3v) is 8.58. The van der Waals surface area contributed by atoms with E-state index in [4.69, 9.17) is 9.47 Å². The summed E-state index contributed by atoms with van der Waals surface area (Å²) >= 11 is 0. The molecule has 0 unspecified atom stereocenters. The van der Waals surface area contributed by atoms with Crippen LogP contribution in [0.2, 0.25) is 0 Å². The average molecular weight is 631 g/mol. The number of hydrogen-bond donors (Lipinski definition) is 3. The summed E-state index contributed by atoms with van der Waals surface area (Å²) in [6, 6.07) is 12.2. The summed E-state index contributed by atoms with van der Waals surface area (Å²) in [5.41, 5.74) is 2.63. The van der Waals surface area contributed by atoms with Gasteiger partial charge in [-0.05, 0) is 48.2 Å². The molecule has 3 aromatic heterocycles. The third-order valence-electron chi connectivity index (χ3n) is 8.58. The Bertz CT molecular complexity index is 1930. The van der Waals surface area contributed by atoms with Crippen molar-refractivity contribution in [1.29, 1.82) is 0 Å². The fourth-order valence-corrected chi connectivity index (χ4v) is 5.87. The predicted molar refractivity (Wildman–Crippen MR) is 169 cm³/mol. The van der Waals surface area contributed by atoms with Gasteiger partial charge in [0.05, 0.1) is 43.4 Å². The SMILES string of the molecule is Cc1c(NC(=O)OC[C@]2(C(C)(C)C)COCCN2C(=O)O)cn2ncnc(Nc3ccc4c(cnn4Cc4cccc(F)c4)c3)c12. The monoisotopic (exact) mass is 630 g/mol. The number of nitrogens with zero attached hydrogens (tertiary/aromatic N) is 6. The molecule has 46 heavy (non-hydrogen) atoms. The molecule has 6 rings (SSSR count). The molecule has 0 aliphatic carbocycles. The number of anilines is 3. The zero-order valence-corrected chi connectivity index (χ0v) is 26.0. The zero-order valence-electron chi connectivity index (χ0n) is 26.0. The number of morpholine rings is 1. The summed E-state index contributed by atoms with van der Waals surface area (Å²) in [6.45, 7) is 8.33. The molecule has 240 valence electrons. The van der Waals surface area contributed by atoms with Crippen molar-refractivity contribution in [3.8, 4) is 0 Å². The molecule has 3 N–H and O–H groups in total. The van der Waals surface area contributed by atoms with Crippen LogP contribution in [0, 0.1) is 18.2 Å². The number of aromatic nitrogens is 5. The first kappa shape index (κ1) is 30.8. The molecular formula is C32H35FN8O5. The normalized spacial score (nSPS) is 16.9. The highest BCUT2D eigenvalue weighted by molar-refractivity contribution is 5.91. The number of hydrogen-bond acceptors (Lipinski definition) is 8. The number of aryl methyl sites for hydroxylation is 1. The summed E-state index contributed by atoms with van der Waals surface area (Å²) < 4.78 is 28.4. The minimum Gasteiger partial charge on any atom is -0.465 e. The van der Waals surface area contributed by atoms with E-state index >= 15 is 0 Å². The molecule has 2 amide bonds. The first-order valence-corrected chi connectivity index (χ1v) is 14.8. The number of carboxylic acid groups (broad SMARTS) is 1. The van der Waals surface area contributed by atoms with Gasteiger partial charge in [-0.3, -0.25) is 14.9 Å². The Hall–Kier alpha value is -5.24. The van der Waals surface area contributed by atoms with Gasteiger partial charge in [0.25, 0.3) is 0 Å². The van der Waals surface area contributed by atoms with Gasteiger partial charge >= 0.3 is 12.2 Å². The summed E-state index contributed by atoms with van der Waals surface area (Å²) in [5, 5.41) is 25.7. The lowest BCUT2D eigenvalue weighted by atomic mass is 9.72. The van der Waals surface area contributed by atoms with Gasteiger partial charge in [-0.1, -0.05) is 32.9 Å². The standard InChI is InChI=1S/C32H35FN8O5/c1-20-25(38-29(42)46-18-32(31(2,3)4)17-45-11-10-39(32)30(43)44)16-41-27(20)28(34-19-36-41)37-24-8-9-26-22(13-24)14-35-40(26)15-21-6-5-7-23(33)12-21/h5-9,12-14,16,19H,10-11,15,17-18H2,1-4H3,(H,38,42)(H,43,44)(H,34,36,37)/t32-/m0/s1. The largest absolute Gasteiger partial charge is 0.465 e. The highest BCUT2D eigenvalue weighted by Gasteiger charge is 2.52. The minimum atomic E-state index is -1.09. The Morgan fingerprint density at radius 3 is 2.76 bits per heavy atom. The van der Waals surface area contributed by atoms with Crippen molar-refractivity contribution in [2.75, 3.05) is 37.0 Å². The van der Waals surface area contributed by atoms with Crippen molar-refractivity contribution >= 4 is 45.8 Å². The maximum absolute atomic E-state index is 13.7. The van der Waals surface area contributed by atoms with Crippen LogP contribution in [0.25, 0.3) is 16.4 Å². The Balaban J connectivity index is 1.19. The number of amides is 2. The zero-order chi connectivity index (χ0) is 32.6. The summed E-state index contributed by atoms with van der Waals surface area (Å²) in [7, 11) is 0. The van der Waals surface area contributed by atoms with Crippen LogP contribution in [0.3, 0.4) is 0 Å². The number of halogens is 1. The Morgan fingerprint density at radius 2 is 2.00 bits per heavy atom. The number of fused-ring (bicyclic) bond motifs is 2. The molecule has 5 aromatic rings. The van der Waals surface area contributed by atoms with Crippen LogP contribution in [0.5, 0.6) is 0 Å². The molecule has 1 saturated heterocycles. The van der Waals surface area contributed by atoms with Crippen LogP contribution in [-0.4, -0.2) is 78.5 Å². The van der Waals surface area contributed by atoms with Gasteiger partial charge in [-0.15, -0.1) is 0 Å². The van der Waals surface area contributed by atoms with E-state index in [1.165, 1.54) is 23.4 Å². The molecule has 1 aliphatic heterocycles. The van der Waals surface area contributed by atoms with Crippen LogP contribution >= 0.6 is 0 Å². The van der Waals surface area contributed by atoms with Crippen molar-refractivity contribution in [3.05, 3.63) is 78.1 Å². The molecule has 4 heterocycles. The molecule has 1 aliphatic rings. The van der Waals surface area contributed by atoms with E-state index in [-0.39, 0.29) is 32.2 Å². The molecule has 13 nitrogen and oxygen atoms in total. The molecule has 0 bridgehead atoms. The van der Waals surface area contributed by atoms with Crippen LogP contribution < -0.4 is 10.6 Å². The molecule has 2 aromatic carbocycles. The fraction of sp³-hybridized carbons (Fsp3) is 0.344. The lowest BCUT2D eigenvalue weighted by molar-refractivity contribution is -0.126. The number of ether oxygens (including phenoxy) is 2. The van der Waals surface area contributed by atoms with E-state index in [0.29, 0.717) is 29.1 Å². The van der Waals surface area contributed by atoms with Crippen LogP contribution in [0.15, 0.2) is 61.2 Å². The van der Waals surface area contributed by atoms with Crippen LogP contribution in [0.4, 0.5) is 31.2 Å². The number of benzene rings is 2. The van der Waals surface area contributed by atoms with Gasteiger partial charge < -0.3 is 19.9 Å². The lowest BCUT2D eigenvalue weighted by Crippen LogP contribution is -2.67. The van der Waals surface area contributed by atoms with Gasteiger partial charge in [0.1, 0.15) is 29.8 Å².